The number of esters is 7. The van der Waals surface area contributed by atoms with Crippen molar-refractivity contribution >= 4 is 53.4 Å². The Balaban J connectivity index is 1.39. The zero-order valence-corrected chi connectivity index (χ0v) is 35.0. The van der Waals surface area contributed by atoms with E-state index < -0.39 is 172 Å². The van der Waals surface area contributed by atoms with E-state index in [4.69, 9.17) is 87.4 Å². The van der Waals surface area contributed by atoms with Gasteiger partial charge in [0.25, 0.3) is 5.97 Å². The smallest absolute Gasteiger partial charge is 0.320 e. The third-order valence-electron chi connectivity index (χ3n) is 9.44. The SMILES string of the molecule is CC(=O)OC[C@H]1O[C@@H](O[C@H]2[C@H](O)[C@@H](CO[C@]3(C)O[C@H]4O[C@H](COC(=O)CCl)[C@@H](OC(C)=O)[C@H](OC(C)=O)[C@H]4O3)O[C@@H]3O[C@@H](C)O[C@@H]32)[C@H](OC(C)=O)[C@@H](OC(C)=O)[C@@H]1OC(C)=O. The fourth-order valence-corrected chi connectivity index (χ4v) is 7.30. The van der Waals surface area contributed by atoms with Crippen LogP contribution >= 0.6 is 11.6 Å². The maximum absolute atomic E-state index is 12.4. The highest BCUT2D eigenvalue weighted by Gasteiger charge is 2.61. The summed E-state index contributed by atoms with van der Waals surface area (Å²) in [4.78, 5) is 85.0. The molecule has 344 valence electrons. The van der Waals surface area contributed by atoms with Crippen LogP contribution in [0.25, 0.3) is 0 Å². The molecule has 0 spiro atoms. The number of aliphatic hydroxyl groups is 1. The Bertz CT molecular complexity index is 1630. The van der Waals surface area contributed by atoms with Gasteiger partial charge in [0, 0.05) is 48.5 Å². The van der Waals surface area contributed by atoms with Gasteiger partial charge in [-0.05, 0) is 6.92 Å². The topological polar surface area (TPSA) is 287 Å². The minimum absolute atomic E-state index is 0.489. The Labute approximate surface area is 353 Å². The number of fused-ring (bicyclic) bond motifs is 2. The van der Waals surface area contributed by atoms with Gasteiger partial charge in [0.2, 0.25) is 0 Å². The molecule has 24 nitrogen and oxygen atoms in total. The number of ether oxygens (including phenoxy) is 16. The van der Waals surface area contributed by atoms with Gasteiger partial charge in [-0.2, -0.15) is 0 Å². The van der Waals surface area contributed by atoms with Crippen LogP contribution in [0.1, 0.15) is 55.4 Å². The van der Waals surface area contributed by atoms with E-state index in [1.807, 2.05) is 0 Å². The second-order valence-corrected chi connectivity index (χ2v) is 14.7. The number of aliphatic hydroxyl groups excluding tert-OH is 1. The van der Waals surface area contributed by atoms with Crippen molar-refractivity contribution in [1.82, 2.24) is 0 Å². The maximum atomic E-state index is 12.4. The lowest BCUT2D eigenvalue weighted by Crippen LogP contribution is -2.66. The van der Waals surface area contributed by atoms with Crippen LogP contribution in [0.15, 0.2) is 0 Å². The Kier molecular flexibility index (Phi) is 16.3. The molecule has 5 heterocycles. The summed E-state index contributed by atoms with van der Waals surface area (Å²) >= 11 is 5.56. The van der Waals surface area contributed by atoms with Crippen molar-refractivity contribution in [2.75, 3.05) is 25.7 Å². The molecule has 0 bridgehead atoms. The average molecular weight is 901 g/mol. The summed E-state index contributed by atoms with van der Waals surface area (Å²) in [5.41, 5.74) is 0. The van der Waals surface area contributed by atoms with Crippen LogP contribution in [-0.4, -0.2) is 177 Å². The molecule has 25 heteroatoms. The van der Waals surface area contributed by atoms with Gasteiger partial charge >= 0.3 is 41.8 Å². The van der Waals surface area contributed by atoms with Crippen molar-refractivity contribution in [3.63, 3.8) is 0 Å². The van der Waals surface area contributed by atoms with E-state index >= 15 is 0 Å². The molecular weight excluding hydrogens is 852 g/mol. The monoisotopic (exact) mass is 900 g/mol. The summed E-state index contributed by atoms with van der Waals surface area (Å²) in [6, 6.07) is 0. The van der Waals surface area contributed by atoms with Crippen LogP contribution in [0.4, 0.5) is 0 Å². The number of carbonyl (C=O) groups is 7. The lowest BCUT2D eigenvalue weighted by molar-refractivity contribution is -0.369. The average Bonchev–Trinajstić information content (AvgIpc) is 3.70. The molecular formula is C36H49ClO24. The van der Waals surface area contributed by atoms with Crippen molar-refractivity contribution in [3.05, 3.63) is 0 Å². The number of halogens is 1. The number of alkyl halides is 1. The van der Waals surface area contributed by atoms with Gasteiger partial charge in [0.05, 0.1) is 6.61 Å². The highest BCUT2D eigenvalue weighted by atomic mass is 35.5. The third-order valence-corrected chi connectivity index (χ3v) is 9.65. The van der Waals surface area contributed by atoms with Gasteiger partial charge in [-0.25, -0.2) is 0 Å². The van der Waals surface area contributed by atoms with Crippen molar-refractivity contribution < 1.29 is 114 Å². The van der Waals surface area contributed by atoms with Crippen molar-refractivity contribution in [1.29, 1.82) is 0 Å². The standard InChI is InChI=1S/C36H49ClO24/c1-13(38)46-10-21-25(49-14(2)39)28(51-16(4)41)31(53-18(6)43)34(57-21)59-27-24(45)20(56-33-30(27)54-19(7)55-33)12-48-36(8)60-32-29(52-17(5)42)26(50-15(3)40)22(58-35(32)61-36)11-47-23(44)9-37/h19-22,24-35,45H,9-12H2,1-8H3/t19-,20+,21+,22+,24+,25+,26+,27-,28-,29-,30+,31+,32+,33-,34-,35+,36-/m0/s1. The van der Waals surface area contributed by atoms with Gasteiger partial charge in [0.15, 0.2) is 61.8 Å². The van der Waals surface area contributed by atoms with Crippen LogP contribution in [0.3, 0.4) is 0 Å². The molecule has 0 aromatic carbocycles. The molecule has 5 saturated heterocycles. The van der Waals surface area contributed by atoms with E-state index in [1.165, 1.54) is 6.92 Å². The first kappa shape index (κ1) is 48.2. The highest BCUT2D eigenvalue weighted by molar-refractivity contribution is 6.26. The lowest BCUT2D eigenvalue weighted by Gasteiger charge is -2.47. The zero-order valence-electron chi connectivity index (χ0n) is 34.3. The summed E-state index contributed by atoms with van der Waals surface area (Å²) in [6.45, 7) is 7.78. The van der Waals surface area contributed by atoms with Crippen molar-refractivity contribution in [2.24, 2.45) is 0 Å². The summed E-state index contributed by atoms with van der Waals surface area (Å²) in [5.74, 6) is -8.27. The molecule has 61 heavy (non-hydrogen) atoms. The summed E-state index contributed by atoms with van der Waals surface area (Å²) in [7, 11) is 0. The number of hydrogen-bond donors (Lipinski definition) is 1. The molecule has 0 saturated carbocycles. The molecule has 0 aromatic rings. The van der Waals surface area contributed by atoms with Crippen LogP contribution < -0.4 is 0 Å². The first-order valence-electron chi connectivity index (χ1n) is 19.0. The molecule has 5 aliphatic heterocycles. The first-order valence-corrected chi connectivity index (χ1v) is 19.5. The minimum Gasteiger partial charge on any atom is -0.463 e. The molecule has 0 aromatic heterocycles. The molecule has 17 atom stereocenters. The van der Waals surface area contributed by atoms with Gasteiger partial charge < -0.3 is 76.2 Å². The number of hydrogen-bond acceptors (Lipinski definition) is 24. The first-order chi connectivity index (χ1) is 28.7. The van der Waals surface area contributed by atoms with Gasteiger partial charge in [-0.3, -0.25) is 38.3 Å². The molecule has 0 unspecified atom stereocenters. The molecule has 5 fully saturated rings. The summed E-state index contributed by atoms with van der Waals surface area (Å²) in [6.07, 6.45) is -22.2. The quantitative estimate of drug-likeness (QED) is 0.114. The number of rotatable bonds is 15. The second kappa shape index (κ2) is 20.6. The van der Waals surface area contributed by atoms with E-state index in [-0.39, 0.29) is 0 Å². The molecule has 0 amide bonds. The summed E-state index contributed by atoms with van der Waals surface area (Å²) in [5, 5.41) is 11.9. The largest absolute Gasteiger partial charge is 0.463 e. The fraction of sp³-hybridized carbons (Fsp3) is 0.806. The molecule has 0 aliphatic carbocycles. The third kappa shape index (κ3) is 12.2. The highest BCUT2D eigenvalue weighted by Crippen LogP contribution is 2.41. The number of carbonyl (C=O) groups excluding carboxylic acids is 7. The fourth-order valence-electron chi connectivity index (χ4n) is 7.23. The van der Waals surface area contributed by atoms with Crippen LogP contribution in [0.2, 0.25) is 0 Å². The minimum atomic E-state index is -2.04. The zero-order chi connectivity index (χ0) is 44.9. The van der Waals surface area contributed by atoms with E-state index in [0.717, 1.165) is 41.5 Å². The Morgan fingerprint density at radius 3 is 1.67 bits per heavy atom. The predicted octanol–water partition coefficient (Wildman–Crippen LogP) is -1.22. The van der Waals surface area contributed by atoms with Crippen molar-refractivity contribution in [2.45, 2.75) is 160 Å². The van der Waals surface area contributed by atoms with Crippen LogP contribution in [-0.2, 0) is 109 Å². The molecule has 0 radical (unpaired) electrons. The Hall–Kier alpha value is -3.82. The van der Waals surface area contributed by atoms with E-state index in [9.17, 15) is 38.7 Å². The van der Waals surface area contributed by atoms with Gasteiger partial charge in [-0.1, -0.05) is 0 Å². The lowest BCUT2D eigenvalue weighted by atomic mass is 9.96. The summed E-state index contributed by atoms with van der Waals surface area (Å²) < 4.78 is 91.6. The van der Waals surface area contributed by atoms with E-state index in [0.29, 0.717) is 0 Å². The molecule has 5 rings (SSSR count). The van der Waals surface area contributed by atoms with Gasteiger partial charge in [-0.15, -0.1) is 11.6 Å². The second-order valence-electron chi connectivity index (χ2n) is 14.4. The normalized spacial score (nSPS) is 39.1. The maximum Gasteiger partial charge on any atom is 0.320 e. The molecule has 1 N–H and O–H groups in total. The van der Waals surface area contributed by atoms with Gasteiger partial charge in [0.1, 0.15) is 55.7 Å². The van der Waals surface area contributed by atoms with Crippen molar-refractivity contribution in [3.8, 4) is 0 Å². The predicted molar refractivity (Wildman–Crippen MR) is 189 cm³/mol. The Morgan fingerprint density at radius 2 is 1.08 bits per heavy atom. The van der Waals surface area contributed by atoms with Crippen LogP contribution in [0, 0.1) is 0 Å². The Morgan fingerprint density at radius 1 is 0.557 bits per heavy atom. The van der Waals surface area contributed by atoms with E-state index in [1.54, 1.807) is 6.92 Å². The van der Waals surface area contributed by atoms with E-state index in [2.05, 4.69) is 0 Å². The van der Waals surface area contributed by atoms with Crippen LogP contribution in [0.5, 0.6) is 0 Å². The molecule has 5 aliphatic rings.